The van der Waals surface area contributed by atoms with Gasteiger partial charge in [0.2, 0.25) is 0 Å². The Morgan fingerprint density at radius 3 is 2.00 bits per heavy atom. The molecule has 0 spiro atoms. The van der Waals surface area contributed by atoms with Gasteiger partial charge in [-0.15, -0.1) is 0 Å². The van der Waals surface area contributed by atoms with Crippen LogP contribution in [0, 0.1) is 0 Å². The molecule has 0 fully saturated rings. The molecule has 0 aromatic heterocycles. The highest BCUT2D eigenvalue weighted by Crippen LogP contribution is 2.16. The average molecular weight is 208 g/mol. The molecule has 80 valence electrons. The molecule has 0 aliphatic rings. The van der Waals surface area contributed by atoms with Crippen molar-refractivity contribution in [2.45, 2.75) is 26.3 Å². The van der Waals surface area contributed by atoms with Crippen LogP contribution in [-0.4, -0.2) is 40.8 Å². The van der Waals surface area contributed by atoms with Crippen LogP contribution in [-0.2, 0) is 13.3 Å². The molecule has 0 saturated heterocycles. The quantitative estimate of drug-likeness (QED) is 0.605. The van der Waals surface area contributed by atoms with Crippen LogP contribution in [0.2, 0.25) is 6.04 Å². The lowest BCUT2D eigenvalue weighted by Gasteiger charge is -2.26. The van der Waals surface area contributed by atoms with E-state index in [0.717, 1.165) is 0 Å². The van der Waals surface area contributed by atoms with Gasteiger partial charge in [-0.25, -0.2) is 0 Å². The van der Waals surface area contributed by atoms with E-state index in [1.54, 1.807) is 7.11 Å². The van der Waals surface area contributed by atoms with Crippen LogP contribution in [0.3, 0.4) is 0 Å². The minimum atomic E-state index is -2.45. The number of hydrogen-bond acceptors (Lipinski definition) is 4. The van der Waals surface area contributed by atoms with E-state index in [4.69, 9.17) is 18.4 Å². The fourth-order valence-electron chi connectivity index (χ4n) is 1.14. The van der Waals surface area contributed by atoms with E-state index in [2.05, 4.69) is 0 Å². The molecular formula is C8H20O4Si. The number of aliphatic hydroxyl groups excluding tert-OH is 1. The average Bonchev–Trinajstić information content (AvgIpc) is 2.15. The largest absolute Gasteiger partial charge is 0.500 e. The summed E-state index contributed by atoms with van der Waals surface area (Å²) in [4.78, 5) is 0. The zero-order valence-electron chi connectivity index (χ0n) is 8.71. The first-order valence-corrected chi connectivity index (χ1v) is 6.61. The monoisotopic (exact) mass is 208 g/mol. The lowest BCUT2D eigenvalue weighted by atomic mass is 10.5. The molecule has 4 nitrogen and oxygen atoms in total. The highest BCUT2D eigenvalue weighted by atomic mass is 28.4. The van der Waals surface area contributed by atoms with E-state index >= 15 is 0 Å². The molecule has 0 amide bonds. The van der Waals surface area contributed by atoms with E-state index in [1.165, 1.54) is 0 Å². The fraction of sp³-hybridized carbons (Fsp3) is 1.00. The van der Waals surface area contributed by atoms with Crippen molar-refractivity contribution in [1.29, 1.82) is 0 Å². The lowest BCUT2D eigenvalue weighted by Crippen LogP contribution is -2.45. The summed E-state index contributed by atoms with van der Waals surface area (Å²) in [5, 5.41) is 8.72. The van der Waals surface area contributed by atoms with Crippen molar-refractivity contribution in [1.82, 2.24) is 0 Å². The van der Waals surface area contributed by atoms with Crippen molar-refractivity contribution in [2.75, 3.05) is 26.9 Å². The Kier molecular flexibility index (Phi) is 7.49. The van der Waals surface area contributed by atoms with E-state index < -0.39 is 8.80 Å². The molecule has 0 atom stereocenters. The van der Waals surface area contributed by atoms with Gasteiger partial charge in [-0.05, 0) is 20.3 Å². The Morgan fingerprint density at radius 2 is 1.69 bits per heavy atom. The van der Waals surface area contributed by atoms with Crippen LogP contribution in [0.25, 0.3) is 0 Å². The van der Waals surface area contributed by atoms with Gasteiger partial charge in [-0.2, -0.15) is 0 Å². The predicted molar refractivity (Wildman–Crippen MR) is 52.5 cm³/mol. The van der Waals surface area contributed by atoms with Crippen molar-refractivity contribution >= 4 is 8.80 Å². The molecule has 0 rings (SSSR count). The summed E-state index contributed by atoms with van der Waals surface area (Å²) in [6.07, 6.45) is 0.667. The van der Waals surface area contributed by atoms with Gasteiger partial charge < -0.3 is 18.4 Å². The Hall–Kier alpha value is 0.0569. The van der Waals surface area contributed by atoms with E-state index in [0.29, 0.717) is 25.7 Å². The molecule has 0 radical (unpaired) electrons. The van der Waals surface area contributed by atoms with Crippen LogP contribution < -0.4 is 0 Å². The highest BCUT2D eigenvalue weighted by molar-refractivity contribution is 6.60. The molecule has 0 aliphatic heterocycles. The molecule has 0 saturated carbocycles. The highest BCUT2D eigenvalue weighted by Gasteiger charge is 2.38. The second kappa shape index (κ2) is 7.46. The minimum absolute atomic E-state index is 0.151. The van der Waals surface area contributed by atoms with Gasteiger partial charge in [0.15, 0.2) is 0 Å². The van der Waals surface area contributed by atoms with Crippen molar-refractivity contribution in [3.05, 3.63) is 0 Å². The molecule has 0 bridgehead atoms. The van der Waals surface area contributed by atoms with Crippen molar-refractivity contribution < 1.29 is 18.4 Å². The summed E-state index contributed by atoms with van der Waals surface area (Å²) < 4.78 is 16.3. The summed E-state index contributed by atoms with van der Waals surface area (Å²) in [5.74, 6) is 0. The first-order valence-electron chi connectivity index (χ1n) is 4.68. The smallest absolute Gasteiger partial charge is 0.396 e. The van der Waals surface area contributed by atoms with Crippen LogP contribution in [0.5, 0.6) is 0 Å². The van der Waals surface area contributed by atoms with Gasteiger partial charge in [-0.3, -0.25) is 0 Å². The summed E-state index contributed by atoms with van der Waals surface area (Å²) in [5.41, 5.74) is 0. The molecular weight excluding hydrogens is 188 g/mol. The first-order chi connectivity index (χ1) is 6.24. The van der Waals surface area contributed by atoms with E-state index in [1.807, 2.05) is 13.8 Å². The number of aliphatic hydroxyl groups is 1. The zero-order valence-corrected chi connectivity index (χ0v) is 9.71. The first kappa shape index (κ1) is 13.1. The van der Waals surface area contributed by atoms with Crippen LogP contribution in [0.4, 0.5) is 0 Å². The maximum absolute atomic E-state index is 8.72. The van der Waals surface area contributed by atoms with Gasteiger partial charge in [0.1, 0.15) is 0 Å². The number of rotatable bonds is 8. The molecule has 0 aliphatic carbocycles. The second-order valence-electron chi connectivity index (χ2n) is 2.58. The fourth-order valence-corrected chi connectivity index (χ4v) is 3.42. The van der Waals surface area contributed by atoms with Gasteiger partial charge in [0.25, 0.3) is 0 Å². The lowest BCUT2D eigenvalue weighted by molar-refractivity contribution is 0.0844. The molecule has 0 unspecified atom stereocenters. The molecule has 0 heterocycles. The van der Waals surface area contributed by atoms with Crippen molar-refractivity contribution in [3.8, 4) is 0 Å². The second-order valence-corrected chi connectivity index (χ2v) is 5.43. The summed E-state index contributed by atoms with van der Waals surface area (Å²) in [7, 11) is -0.844. The maximum Gasteiger partial charge on any atom is 0.500 e. The SMILES string of the molecule is CCO[Si](CCCO)(OC)OCC. The van der Waals surface area contributed by atoms with Crippen molar-refractivity contribution in [2.24, 2.45) is 0 Å². The van der Waals surface area contributed by atoms with Gasteiger partial charge in [0.05, 0.1) is 0 Å². The predicted octanol–water partition coefficient (Wildman–Crippen LogP) is 1.03. The Bertz CT molecular complexity index is 115. The maximum atomic E-state index is 8.72. The van der Waals surface area contributed by atoms with Crippen molar-refractivity contribution in [3.63, 3.8) is 0 Å². The Balaban J connectivity index is 4.07. The van der Waals surface area contributed by atoms with Gasteiger partial charge in [-0.1, -0.05) is 0 Å². The van der Waals surface area contributed by atoms with Crippen LogP contribution in [0.15, 0.2) is 0 Å². The summed E-state index contributed by atoms with van der Waals surface area (Å²) >= 11 is 0. The number of hydrogen-bond donors (Lipinski definition) is 1. The van der Waals surface area contributed by atoms with Crippen LogP contribution >= 0.6 is 0 Å². The third kappa shape index (κ3) is 4.73. The Labute approximate surface area is 81.2 Å². The van der Waals surface area contributed by atoms with E-state index in [-0.39, 0.29) is 6.61 Å². The standard InChI is InChI=1S/C8H20O4Si/c1-4-11-13(10-3,12-5-2)8-6-7-9/h9H,4-8H2,1-3H3. The van der Waals surface area contributed by atoms with Gasteiger partial charge >= 0.3 is 8.80 Å². The zero-order chi connectivity index (χ0) is 10.2. The third-order valence-electron chi connectivity index (χ3n) is 1.68. The summed E-state index contributed by atoms with van der Waals surface area (Å²) in [6.45, 7) is 5.16. The topological polar surface area (TPSA) is 47.9 Å². The third-order valence-corrected chi connectivity index (χ3v) is 4.73. The normalized spacial score (nSPS) is 12.0. The molecule has 0 aromatic rings. The van der Waals surface area contributed by atoms with Crippen LogP contribution in [0.1, 0.15) is 20.3 Å². The molecule has 1 N–H and O–H groups in total. The molecule has 5 heteroatoms. The molecule has 13 heavy (non-hydrogen) atoms. The van der Waals surface area contributed by atoms with E-state index in [9.17, 15) is 0 Å². The minimum Gasteiger partial charge on any atom is -0.396 e. The molecule has 0 aromatic carbocycles. The summed E-state index contributed by atoms with van der Waals surface area (Å²) in [6, 6.07) is 0.682. The Morgan fingerprint density at radius 1 is 1.15 bits per heavy atom. The van der Waals surface area contributed by atoms with Gasteiger partial charge in [0, 0.05) is 33.0 Å².